The van der Waals surface area contributed by atoms with Crippen LogP contribution >= 0.6 is 0 Å². The number of rotatable bonds is 6. The van der Waals surface area contributed by atoms with Crippen LogP contribution in [0.5, 0.6) is 0 Å². The summed E-state index contributed by atoms with van der Waals surface area (Å²) in [5.74, 6) is 0.106. The molecule has 112 valence electrons. The van der Waals surface area contributed by atoms with Gasteiger partial charge in [-0.15, -0.1) is 0 Å². The molecule has 0 aliphatic heterocycles. The number of urea groups is 1. The summed E-state index contributed by atoms with van der Waals surface area (Å²) in [6.45, 7) is 0.350. The molecule has 2 aromatic rings. The van der Waals surface area contributed by atoms with E-state index in [9.17, 15) is 14.3 Å². The summed E-state index contributed by atoms with van der Waals surface area (Å²) in [6.07, 6.45) is 0.964. The molecule has 0 saturated heterocycles. The van der Waals surface area contributed by atoms with Gasteiger partial charge in [-0.3, -0.25) is 0 Å². The zero-order valence-corrected chi connectivity index (χ0v) is 11.4. The highest BCUT2D eigenvalue weighted by Crippen LogP contribution is 2.11. The largest absolute Gasteiger partial charge is 0.467 e. The molecule has 1 unspecified atom stereocenters. The maximum atomic E-state index is 13.4. The average molecular weight is 292 g/mol. The number of carbonyl (C=O) groups is 1. The zero-order chi connectivity index (χ0) is 15.1. The molecule has 2 amide bonds. The van der Waals surface area contributed by atoms with Gasteiger partial charge in [0.15, 0.2) is 0 Å². The number of aliphatic hydroxyl groups is 1. The molecule has 0 saturated carbocycles. The third-order valence-electron chi connectivity index (χ3n) is 2.97. The molecule has 0 bridgehead atoms. The first kappa shape index (κ1) is 15.1. The SMILES string of the molecule is O=C(NCCc1ccccc1F)NCC(O)c1ccco1. The molecule has 5 nitrogen and oxygen atoms in total. The molecular weight excluding hydrogens is 275 g/mol. The molecule has 1 aromatic heterocycles. The van der Waals surface area contributed by atoms with Gasteiger partial charge in [-0.1, -0.05) is 18.2 Å². The molecule has 1 heterocycles. The minimum atomic E-state index is -0.891. The van der Waals surface area contributed by atoms with Crippen LogP contribution in [-0.2, 0) is 6.42 Å². The van der Waals surface area contributed by atoms with E-state index in [4.69, 9.17) is 4.42 Å². The molecular formula is C15H17FN2O3. The maximum absolute atomic E-state index is 13.4. The molecule has 0 spiro atoms. The lowest BCUT2D eigenvalue weighted by Gasteiger charge is -2.11. The van der Waals surface area contributed by atoms with E-state index in [0.717, 1.165) is 0 Å². The van der Waals surface area contributed by atoms with Crippen LogP contribution in [0.4, 0.5) is 9.18 Å². The van der Waals surface area contributed by atoms with E-state index in [1.165, 1.54) is 12.3 Å². The van der Waals surface area contributed by atoms with Crippen LogP contribution in [0.3, 0.4) is 0 Å². The second-order valence-electron chi connectivity index (χ2n) is 4.51. The van der Waals surface area contributed by atoms with Crippen LogP contribution in [0, 0.1) is 5.82 Å². The van der Waals surface area contributed by atoms with Crippen molar-refractivity contribution in [2.45, 2.75) is 12.5 Å². The van der Waals surface area contributed by atoms with Crippen molar-refractivity contribution in [2.75, 3.05) is 13.1 Å². The van der Waals surface area contributed by atoms with Gasteiger partial charge < -0.3 is 20.2 Å². The summed E-state index contributed by atoms with van der Waals surface area (Å²) in [6, 6.07) is 9.30. The van der Waals surface area contributed by atoms with Gasteiger partial charge in [0.05, 0.1) is 12.8 Å². The predicted molar refractivity (Wildman–Crippen MR) is 75.2 cm³/mol. The molecule has 1 aromatic carbocycles. The Morgan fingerprint density at radius 3 is 2.76 bits per heavy atom. The summed E-state index contributed by atoms with van der Waals surface area (Å²) in [5.41, 5.74) is 0.549. The van der Waals surface area contributed by atoms with Gasteiger partial charge in [-0.2, -0.15) is 0 Å². The third-order valence-corrected chi connectivity index (χ3v) is 2.97. The first-order valence-corrected chi connectivity index (χ1v) is 6.63. The molecule has 0 aliphatic carbocycles. The second kappa shape index (κ2) is 7.44. The van der Waals surface area contributed by atoms with Gasteiger partial charge in [0.25, 0.3) is 0 Å². The van der Waals surface area contributed by atoms with Gasteiger partial charge in [0.2, 0.25) is 0 Å². The molecule has 6 heteroatoms. The van der Waals surface area contributed by atoms with E-state index < -0.39 is 12.1 Å². The van der Waals surface area contributed by atoms with E-state index in [2.05, 4.69) is 10.6 Å². The van der Waals surface area contributed by atoms with Gasteiger partial charge in [-0.05, 0) is 30.2 Å². The molecule has 3 N–H and O–H groups in total. The van der Waals surface area contributed by atoms with E-state index >= 15 is 0 Å². The van der Waals surface area contributed by atoms with E-state index in [1.54, 1.807) is 30.3 Å². The quantitative estimate of drug-likeness (QED) is 0.762. The Balaban J connectivity index is 1.67. The fourth-order valence-electron chi connectivity index (χ4n) is 1.85. The summed E-state index contributed by atoms with van der Waals surface area (Å²) < 4.78 is 18.4. The Morgan fingerprint density at radius 2 is 2.05 bits per heavy atom. The number of hydrogen-bond donors (Lipinski definition) is 3. The van der Waals surface area contributed by atoms with Gasteiger partial charge >= 0.3 is 6.03 Å². The summed E-state index contributed by atoms with van der Waals surface area (Å²) in [7, 11) is 0. The van der Waals surface area contributed by atoms with Crippen molar-refractivity contribution >= 4 is 6.03 Å². The maximum Gasteiger partial charge on any atom is 0.314 e. The Morgan fingerprint density at radius 1 is 1.24 bits per heavy atom. The topological polar surface area (TPSA) is 74.5 Å². The summed E-state index contributed by atoms with van der Waals surface area (Å²) >= 11 is 0. The molecule has 21 heavy (non-hydrogen) atoms. The van der Waals surface area contributed by atoms with E-state index in [-0.39, 0.29) is 12.4 Å². The number of aliphatic hydroxyl groups excluding tert-OH is 1. The van der Waals surface area contributed by atoms with Crippen molar-refractivity contribution < 1.29 is 18.7 Å². The third kappa shape index (κ3) is 4.61. The molecule has 1 atom stereocenters. The Hall–Kier alpha value is -2.34. The van der Waals surface area contributed by atoms with Crippen LogP contribution in [0.2, 0.25) is 0 Å². The van der Waals surface area contributed by atoms with Crippen molar-refractivity contribution in [1.29, 1.82) is 0 Å². The highest BCUT2D eigenvalue weighted by molar-refractivity contribution is 5.73. The number of carbonyl (C=O) groups excluding carboxylic acids is 1. The molecule has 0 fully saturated rings. The molecule has 2 rings (SSSR count). The number of hydrogen-bond acceptors (Lipinski definition) is 3. The second-order valence-corrected chi connectivity index (χ2v) is 4.51. The normalized spacial score (nSPS) is 11.9. The van der Waals surface area contributed by atoms with Crippen molar-refractivity contribution in [3.8, 4) is 0 Å². The lowest BCUT2D eigenvalue weighted by atomic mass is 10.1. The average Bonchev–Trinajstić information content (AvgIpc) is 3.01. The highest BCUT2D eigenvalue weighted by atomic mass is 19.1. The first-order chi connectivity index (χ1) is 10.2. The smallest absolute Gasteiger partial charge is 0.314 e. The van der Waals surface area contributed by atoms with Crippen LogP contribution in [0.15, 0.2) is 47.1 Å². The van der Waals surface area contributed by atoms with Crippen LogP contribution < -0.4 is 10.6 Å². The van der Waals surface area contributed by atoms with Crippen molar-refractivity contribution in [1.82, 2.24) is 10.6 Å². The number of nitrogens with one attached hydrogen (secondary N) is 2. The van der Waals surface area contributed by atoms with Gasteiger partial charge in [0, 0.05) is 6.54 Å². The minimum Gasteiger partial charge on any atom is -0.467 e. The Kier molecular flexibility index (Phi) is 5.34. The number of furan rings is 1. The summed E-state index contributed by atoms with van der Waals surface area (Å²) in [5, 5.41) is 14.8. The standard InChI is InChI=1S/C15H17FN2O3/c16-12-5-2-1-4-11(12)7-8-17-15(20)18-10-13(19)14-6-3-9-21-14/h1-6,9,13,19H,7-8,10H2,(H2,17,18,20). The number of benzene rings is 1. The predicted octanol–water partition coefficient (Wildman–Crippen LogP) is 1.99. The lowest BCUT2D eigenvalue weighted by molar-refractivity contribution is 0.148. The van der Waals surface area contributed by atoms with Crippen LogP contribution in [-0.4, -0.2) is 24.2 Å². The molecule has 0 radical (unpaired) electrons. The Bertz CT molecular complexity index is 572. The van der Waals surface area contributed by atoms with Crippen LogP contribution in [0.25, 0.3) is 0 Å². The van der Waals surface area contributed by atoms with Crippen molar-refractivity contribution in [3.05, 3.63) is 59.8 Å². The number of halogens is 1. The highest BCUT2D eigenvalue weighted by Gasteiger charge is 2.11. The monoisotopic (exact) mass is 292 g/mol. The minimum absolute atomic E-state index is 0.0407. The fraction of sp³-hybridized carbons (Fsp3) is 0.267. The summed E-state index contributed by atoms with van der Waals surface area (Å²) in [4.78, 5) is 11.5. The van der Waals surface area contributed by atoms with Gasteiger partial charge in [0.1, 0.15) is 17.7 Å². The van der Waals surface area contributed by atoms with Gasteiger partial charge in [-0.25, -0.2) is 9.18 Å². The Labute approximate surface area is 121 Å². The number of amides is 2. The van der Waals surface area contributed by atoms with E-state index in [1.807, 2.05) is 0 Å². The fourth-order valence-corrected chi connectivity index (χ4v) is 1.85. The molecule has 0 aliphatic rings. The lowest BCUT2D eigenvalue weighted by Crippen LogP contribution is -2.38. The first-order valence-electron chi connectivity index (χ1n) is 6.63. The van der Waals surface area contributed by atoms with E-state index in [0.29, 0.717) is 24.3 Å². The van der Waals surface area contributed by atoms with Crippen molar-refractivity contribution in [2.24, 2.45) is 0 Å². The zero-order valence-electron chi connectivity index (χ0n) is 11.4. The van der Waals surface area contributed by atoms with Crippen molar-refractivity contribution in [3.63, 3.8) is 0 Å². The van der Waals surface area contributed by atoms with Crippen LogP contribution in [0.1, 0.15) is 17.4 Å².